The standard InChI is InChI=1S/C21H21NO/c1-2-10-21(17-16-20-13-7-4-8-14-20)23-22-18-9-15-19-11-5-3-6-12-19/h3-9,11-15,18,21H,2,10H2,1H3/b15-9+,22-18-. The molecule has 2 rings (SSSR count). The predicted octanol–water partition coefficient (Wildman–Crippen LogP) is 4.92. The molecule has 0 amide bonds. The van der Waals surface area contributed by atoms with E-state index in [4.69, 9.17) is 4.84 Å². The van der Waals surface area contributed by atoms with Crippen LogP contribution in [0.2, 0.25) is 0 Å². The minimum atomic E-state index is -0.179. The van der Waals surface area contributed by atoms with Gasteiger partial charge in [-0.2, -0.15) is 0 Å². The third-order valence-electron chi connectivity index (χ3n) is 3.13. The van der Waals surface area contributed by atoms with Gasteiger partial charge in [0.25, 0.3) is 0 Å². The van der Waals surface area contributed by atoms with Crippen LogP contribution in [0, 0.1) is 11.8 Å². The summed E-state index contributed by atoms with van der Waals surface area (Å²) in [6, 6.07) is 20.0. The van der Waals surface area contributed by atoms with E-state index >= 15 is 0 Å². The minimum Gasteiger partial charge on any atom is -0.379 e. The molecule has 0 aliphatic heterocycles. The lowest BCUT2D eigenvalue weighted by Crippen LogP contribution is -2.06. The van der Waals surface area contributed by atoms with Gasteiger partial charge in [0.05, 0.1) is 6.21 Å². The Morgan fingerprint density at radius 2 is 1.74 bits per heavy atom. The van der Waals surface area contributed by atoms with Crippen LogP contribution in [0.3, 0.4) is 0 Å². The molecule has 0 spiro atoms. The Bertz CT molecular complexity index is 678. The summed E-state index contributed by atoms with van der Waals surface area (Å²) in [4.78, 5) is 5.49. The maximum Gasteiger partial charge on any atom is 0.187 e. The van der Waals surface area contributed by atoms with Crippen LogP contribution in [-0.2, 0) is 4.84 Å². The molecule has 0 aromatic heterocycles. The summed E-state index contributed by atoms with van der Waals surface area (Å²) in [5.41, 5.74) is 2.12. The third kappa shape index (κ3) is 6.67. The molecule has 0 fully saturated rings. The first-order valence-corrected chi connectivity index (χ1v) is 7.86. The van der Waals surface area contributed by atoms with E-state index in [9.17, 15) is 0 Å². The zero-order valence-corrected chi connectivity index (χ0v) is 13.4. The third-order valence-corrected chi connectivity index (χ3v) is 3.13. The Hall–Kier alpha value is -2.79. The molecule has 0 saturated carbocycles. The van der Waals surface area contributed by atoms with Gasteiger partial charge in [-0.25, -0.2) is 0 Å². The van der Waals surface area contributed by atoms with Crippen molar-refractivity contribution >= 4 is 12.3 Å². The Morgan fingerprint density at radius 1 is 1.04 bits per heavy atom. The number of rotatable bonds is 6. The molecule has 116 valence electrons. The van der Waals surface area contributed by atoms with Gasteiger partial charge in [-0.15, -0.1) is 0 Å². The molecule has 1 unspecified atom stereocenters. The normalized spacial score (nSPS) is 12.0. The summed E-state index contributed by atoms with van der Waals surface area (Å²) in [5.74, 6) is 6.26. The van der Waals surface area contributed by atoms with Crippen LogP contribution in [0.1, 0.15) is 30.9 Å². The molecule has 2 heteroatoms. The zero-order chi connectivity index (χ0) is 16.2. The van der Waals surface area contributed by atoms with Gasteiger partial charge in [0.2, 0.25) is 0 Å². The number of hydrogen-bond donors (Lipinski definition) is 0. The van der Waals surface area contributed by atoms with Crippen LogP contribution in [-0.4, -0.2) is 12.3 Å². The van der Waals surface area contributed by atoms with Crippen LogP contribution in [0.4, 0.5) is 0 Å². The summed E-state index contributed by atoms with van der Waals surface area (Å²) in [6.07, 6.45) is 7.19. The Labute approximate surface area is 138 Å². The van der Waals surface area contributed by atoms with Crippen molar-refractivity contribution < 1.29 is 4.84 Å². The molecule has 0 N–H and O–H groups in total. The van der Waals surface area contributed by atoms with Gasteiger partial charge in [0.1, 0.15) is 0 Å². The summed E-state index contributed by atoms with van der Waals surface area (Å²) in [7, 11) is 0. The average molecular weight is 303 g/mol. The zero-order valence-electron chi connectivity index (χ0n) is 13.4. The van der Waals surface area contributed by atoms with E-state index in [1.165, 1.54) is 0 Å². The first kappa shape index (κ1) is 16.6. The number of nitrogens with zero attached hydrogens (tertiary/aromatic N) is 1. The van der Waals surface area contributed by atoms with Gasteiger partial charge in [-0.3, -0.25) is 0 Å². The lowest BCUT2D eigenvalue weighted by Gasteiger charge is -2.06. The summed E-state index contributed by atoms with van der Waals surface area (Å²) < 4.78 is 0. The smallest absolute Gasteiger partial charge is 0.187 e. The van der Waals surface area contributed by atoms with Gasteiger partial charge >= 0.3 is 0 Å². The molecule has 2 nitrogen and oxygen atoms in total. The first-order chi connectivity index (χ1) is 11.4. The number of allylic oxidation sites excluding steroid dienone is 1. The fraction of sp³-hybridized carbons (Fsp3) is 0.190. The molecule has 2 aromatic rings. The van der Waals surface area contributed by atoms with E-state index in [0.29, 0.717) is 0 Å². The summed E-state index contributed by atoms with van der Waals surface area (Å²) in [5, 5.41) is 4.00. The van der Waals surface area contributed by atoms with Crippen LogP contribution in [0.15, 0.2) is 71.9 Å². The Morgan fingerprint density at radius 3 is 2.43 bits per heavy atom. The maximum atomic E-state index is 5.49. The highest BCUT2D eigenvalue weighted by molar-refractivity contribution is 5.77. The van der Waals surface area contributed by atoms with E-state index in [1.54, 1.807) is 6.21 Å². The summed E-state index contributed by atoms with van der Waals surface area (Å²) >= 11 is 0. The van der Waals surface area contributed by atoms with Crippen molar-refractivity contribution in [1.82, 2.24) is 0 Å². The van der Waals surface area contributed by atoms with E-state index in [2.05, 4.69) is 23.9 Å². The van der Waals surface area contributed by atoms with Crippen molar-refractivity contribution in [3.05, 3.63) is 77.9 Å². The summed E-state index contributed by atoms with van der Waals surface area (Å²) in [6.45, 7) is 2.11. The fourth-order valence-corrected chi connectivity index (χ4v) is 1.96. The molecular weight excluding hydrogens is 282 g/mol. The van der Waals surface area contributed by atoms with Crippen molar-refractivity contribution in [3.8, 4) is 11.8 Å². The quantitative estimate of drug-likeness (QED) is 0.421. The highest BCUT2D eigenvalue weighted by Gasteiger charge is 2.02. The van der Waals surface area contributed by atoms with Crippen molar-refractivity contribution in [3.63, 3.8) is 0 Å². The molecule has 0 bridgehead atoms. The minimum absolute atomic E-state index is 0.179. The molecule has 1 atom stereocenters. The van der Waals surface area contributed by atoms with Crippen molar-refractivity contribution in [2.45, 2.75) is 25.9 Å². The molecular formula is C21H21NO. The van der Waals surface area contributed by atoms with E-state index < -0.39 is 0 Å². The highest BCUT2D eigenvalue weighted by Crippen LogP contribution is 2.03. The average Bonchev–Trinajstić information content (AvgIpc) is 2.61. The number of oxime groups is 1. The molecule has 0 aliphatic carbocycles. The SMILES string of the molecule is CCCC(C#Cc1ccccc1)O/N=C\C=C\c1ccccc1. The Balaban J connectivity index is 1.88. The lowest BCUT2D eigenvalue weighted by atomic mass is 10.2. The van der Waals surface area contributed by atoms with E-state index in [1.807, 2.05) is 72.8 Å². The molecule has 0 saturated heterocycles. The maximum absolute atomic E-state index is 5.49. The van der Waals surface area contributed by atoms with Gasteiger partial charge in [-0.1, -0.05) is 84.9 Å². The largest absolute Gasteiger partial charge is 0.379 e. The van der Waals surface area contributed by atoms with Crippen molar-refractivity contribution in [2.24, 2.45) is 5.16 Å². The van der Waals surface area contributed by atoms with Gasteiger partial charge in [0, 0.05) is 5.56 Å². The predicted molar refractivity (Wildman–Crippen MR) is 97.1 cm³/mol. The second kappa shape index (κ2) is 10.0. The second-order valence-corrected chi connectivity index (χ2v) is 5.04. The molecule has 0 radical (unpaired) electrons. The lowest BCUT2D eigenvalue weighted by molar-refractivity contribution is 0.0940. The van der Waals surface area contributed by atoms with Gasteiger partial charge < -0.3 is 4.84 Å². The van der Waals surface area contributed by atoms with Crippen LogP contribution in [0.5, 0.6) is 0 Å². The van der Waals surface area contributed by atoms with E-state index in [-0.39, 0.29) is 6.10 Å². The second-order valence-electron chi connectivity index (χ2n) is 5.04. The first-order valence-electron chi connectivity index (χ1n) is 7.86. The van der Waals surface area contributed by atoms with Crippen molar-refractivity contribution in [1.29, 1.82) is 0 Å². The van der Waals surface area contributed by atoms with Gasteiger partial charge in [-0.05, 0) is 30.2 Å². The van der Waals surface area contributed by atoms with Crippen molar-refractivity contribution in [2.75, 3.05) is 0 Å². The molecule has 0 aliphatic rings. The van der Waals surface area contributed by atoms with Crippen LogP contribution < -0.4 is 0 Å². The molecule has 2 aromatic carbocycles. The van der Waals surface area contributed by atoms with Gasteiger partial charge in [0.15, 0.2) is 6.10 Å². The Kier molecular flexibility index (Phi) is 7.22. The number of benzene rings is 2. The molecule has 0 heterocycles. The van der Waals surface area contributed by atoms with Crippen LogP contribution >= 0.6 is 0 Å². The fourth-order valence-electron chi connectivity index (χ4n) is 1.96. The molecule has 23 heavy (non-hydrogen) atoms. The monoisotopic (exact) mass is 303 g/mol. The van der Waals surface area contributed by atoms with E-state index in [0.717, 1.165) is 24.0 Å². The topological polar surface area (TPSA) is 21.6 Å². The van der Waals surface area contributed by atoms with Crippen LogP contribution in [0.25, 0.3) is 6.08 Å². The highest BCUT2D eigenvalue weighted by atomic mass is 16.6. The number of hydrogen-bond acceptors (Lipinski definition) is 2.